The second kappa shape index (κ2) is 7.62. The lowest BCUT2D eigenvalue weighted by Gasteiger charge is -2.36. The number of likely N-dealkylation sites (N-methyl/N-ethyl adjacent to an activating group) is 1. The van der Waals surface area contributed by atoms with Crippen molar-refractivity contribution in [1.82, 2.24) is 4.90 Å². The summed E-state index contributed by atoms with van der Waals surface area (Å²) in [4.78, 5) is 14.6. The largest absolute Gasteiger partial charge is 0.462 e. The molecule has 2 aliphatic heterocycles. The molecule has 0 aromatic heterocycles. The molecule has 2 N–H and O–H groups in total. The minimum Gasteiger partial charge on any atom is -0.462 e. The van der Waals surface area contributed by atoms with Gasteiger partial charge in [-0.25, -0.2) is 0 Å². The minimum atomic E-state index is -0.636. The lowest BCUT2D eigenvalue weighted by Crippen LogP contribution is -2.45. The van der Waals surface area contributed by atoms with Gasteiger partial charge >= 0.3 is 5.97 Å². The Balaban J connectivity index is 0.00000192. The van der Waals surface area contributed by atoms with Crippen LogP contribution in [0.2, 0.25) is 0 Å². The zero-order valence-electron chi connectivity index (χ0n) is 13.2. The van der Waals surface area contributed by atoms with Gasteiger partial charge in [0, 0.05) is 24.9 Å². The van der Waals surface area contributed by atoms with Gasteiger partial charge in [0.2, 0.25) is 0 Å². The first-order valence-electron chi connectivity index (χ1n) is 7.86. The van der Waals surface area contributed by atoms with E-state index in [2.05, 4.69) is 4.90 Å². The van der Waals surface area contributed by atoms with Crippen molar-refractivity contribution < 1.29 is 19.7 Å². The molecule has 2 bridgehead atoms. The van der Waals surface area contributed by atoms with Crippen LogP contribution in [-0.2, 0) is 9.53 Å². The summed E-state index contributed by atoms with van der Waals surface area (Å²) >= 11 is 0. The second-order valence-corrected chi connectivity index (χ2v) is 6.37. The van der Waals surface area contributed by atoms with Crippen molar-refractivity contribution >= 4 is 18.4 Å². The van der Waals surface area contributed by atoms with Crippen LogP contribution in [0.15, 0.2) is 30.3 Å². The lowest BCUT2D eigenvalue weighted by atomic mass is 9.98. The van der Waals surface area contributed by atoms with Gasteiger partial charge in [-0.3, -0.25) is 9.69 Å². The molecule has 3 rings (SSSR count). The smallest absolute Gasteiger partial charge is 0.316 e. The van der Waals surface area contributed by atoms with E-state index in [4.69, 9.17) is 4.74 Å². The summed E-state index contributed by atoms with van der Waals surface area (Å²) < 4.78 is 5.64. The van der Waals surface area contributed by atoms with Crippen LogP contribution in [0.25, 0.3) is 0 Å². The summed E-state index contributed by atoms with van der Waals surface area (Å²) in [5, 5.41) is 19.6. The number of carbonyl (C=O) groups is 1. The third-order valence-corrected chi connectivity index (χ3v) is 5.05. The topological polar surface area (TPSA) is 70.0 Å². The van der Waals surface area contributed by atoms with Crippen molar-refractivity contribution in [2.45, 2.75) is 49.5 Å². The fourth-order valence-electron chi connectivity index (χ4n) is 3.74. The molecule has 1 aromatic rings. The number of benzene rings is 1. The van der Waals surface area contributed by atoms with Crippen molar-refractivity contribution in [3.63, 3.8) is 0 Å². The summed E-state index contributed by atoms with van der Waals surface area (Å²) in [6, 6.07) is 9.56. The number of rotatable bonds is 4. The fourth-order valence-corrected chi connectivity index (χ4v) is 3.74. The molecule has 0 unspecified atom stereocenters. The normalized spacial score (nSPS) is 31.3. The zero-order chi connectivity index (χ0) is 15.7. The van der Waals surface area contributed by atoms with Crippen molar-refractivity contribution in [1.29, 1.82) is 0 Å². The van der Waals surface area contributed by atoms with E-state index in [1.54, 1.807) is 0 Å². The highest BCUT2D eigenvalue weighted by molar-refractivity contribution is 5.85. The van der Waals surface area contributed by atoms with E-state index in [1.165, 1.54) is 0 Å². The highest BCUT2D eigenvalue weighted by atomic mass is 35.5. The van der Waals surface area contributed by atoms with Gasteiger partial charge in [0.15, 0.2) is 0 Å². The third-order valence-electron chi connectivity index (χ3n) is 5.05. The quantitative estimate of drug-likeness (QED) is 0.808. The van der Waals surface area contributed by atoms with Crippen molar-refractivity contribution in [3.8, 4) is 0 Å². The molecule has 0 saturated carbocycles. The number of nitrogens with zero attached hydrogens (tertiary/aromatic N) is 1. The Kier molecular flexibility index (Phi) is 6.03. The van der Waals surface area contributed by atoms with E-state index in [0.29, 0.717) is 6.42 Å². The molecule has 2 aliphatic rings. The predicted molar refractivity (Wildman–Crippen MR) is 88.6 cm³/mol. The second-order valence-electron chi connectivity index (χ2n) is 6.37. The fraction of sp³-hybridized carbons (Fsp3) is 0.588. The Morgan fingerprint density at radius 3 is 2.61 bits per heavy atom. The standard InChI is InChI=1S/C17H23NO4.ClH/c1-18-12-7-13(9-15(18)16(20)8-12)22-17(21)14(10-19)11-5-3-2-4-6-11;/h2-6,12-16,19-20H,7-10H2,1H3;1H/t12-,13-,14+,15+,16-;/m0./s1. The molecule has 128 valence electrons. The minimum absolute atomic E-state index is 0. The number of piperidine rings is 1. The van der Waals surface area contributed by atoms with E-state index >= 15 is 0 Å². The molecule has 0 aliphatic carbocycles. The molecule has 6 heteroatoms. The molecule has 0 amide bonds. The molecule has 0 spiro atoms. The molecule has 23 heavy (non-hydrogen) atoms. The molecule has 2 heterocycles. The summed E-state index contributed by atoms with van der Waals surface area (Å²) in [5.74, 6) is -1.01. The number of hydrogen-bond donors (Lipinski definition) is 2. The van der Waals surface area contributed by atoms with Crippen LogP contribution >= 0.6 is 12.4 Å². The number of hydrogen-bond acceptors (Lipinski definition) is 5. The number of fused-ring (bicyclic) bond motifs is 2. The highest BCUT2D eigenvalue weighted by Gasteiger charge is 2.45. The Bertz CT molecular complexity index is 527. The highest BCUT2D eigenvalue weighted by Crippen LogP contribution is 2.36. The molecular formula is C17H24ClNO4. The average molecular weight is 342 g/mol. The van der Waals surface area contributed by atoms with Gasteiger partial charge in [0.1, 0.15) is 12.0 Å². The summed E-state index contributed by atoms with van der Waals surface area (Å²) in [6.45, 7) is -0.259. The molecule has 2 saturated heterocycles. The third kappa shape index (κ3) is 3.69. The van der Waals surface area contributed by atoms with Crippen LogP contribution in [0, 0.1) is 0 Å². The van der Waals surface area contributed by atoms with E-state index in [-0.39, 0.29) is 49.3 Å². The van der Waals surface area contributed by atoms with E-state index in [9.17, 15) is 15.0 Å². The van der Waals surface area contributed by atoms with Crippen LogP contribution in [0.3, 0.4) is 0 Å². The molecular weight excluding hydrogens is 318 g/mol. The molecule has 5 nitrogen and oxygen atoms in total. The lowest BCUT2D eigenvalue weighted by molar-refractivity contribution is -0.155. The van der Waals surface area contributed by atoms with Crippen molar-refractivity contribution in [2.24, 2.45) is 0 Å². The van der Waals surface area contributed by atoms with Gasteiger partial charge < -0.3 is 14.9 Å². The van der Waals surface area contributed by atoms with Crippen LogP contribution in [0.1, 0.15) is 30.7 Å². The molecule has 5 atom stereocenters. The maximum absolute atomic E-state index is 12.4. The monoisotopic (exact) mass is 341 g/mol. The van der Waals surface area contributed by atoms with Crippen LogP contribution in [0.4, 0.5) is 0 Å². The van der Waals surface area contributed by atoms with E-state index < -0.39 is 5.92 Å². The van der Waals surface area contributed by atoms with Gasteiger partial charge in [-0.05, 0) is 19.0 Å². The Morgan fingerprint density at radius 2 is 2.00 bits per heavy atom. The summed E-state index contributed by atoms with van der Waals surface area (Å²) in [6.07, 6.45) is 1.66. The number of aliphatic hydroxyl groups is 2. The van der Waals surface area contributed by atoms with E-state index in [0.717, 1.165) is 18.4 Å². The summed E-state index contributed by atoms with van der Waals surface area (Å²) in [5.41, 5.74) is 0.769. The number of ether oxygens (including phenoxy) is 1. The van der Waals surface area contributed by atoms with Gasteiger partial charge in [-0.1, -0.05) is 30.3 Å². The maximum atomic E-state index is 12.4. The first-order chi connectivity index (χ1) is 10.6. The van der Waals surface area contributed by atoms with Crippen LogP contribution in [-0.4, -0.2) is 59.0 Å². The van der Waals surface area contributed by atoms with Crippen LogP contribution < -0.4 is 0 Å². The van der Waals surface area contributed by atoms with E-state index in [1.807, 2.05) is 37.4 Å². The average Bonchev–Trinajstić information content (AvgIpc) is 2.68. The van der Waals surface area contributed by atoms with Gasteiger partial charge in [-0.2, -0.15) is 0 Å². The van der Waals surface area contributed by atoms with Crippen molar-refractivity contribution in [2.75, 3.05) is 13.7 Å². The van der Waals surface area contributed by atoms with Gasteiger partial charge in [0.05, 0.1) is 12.7 Å². The SMILES string of the molecule is CN1[C@H]2C[C@H](OC(=O)[C@H](CO)c3ccccc3)C[C@@H]1[C@@H](O)C2.Cl. The first kappa shape index (κ1) is 18.2. The maximum Gasteiger partial charge on any atom is 0.316 e. The number of carbonyl (C=O) groups excluding carboxylic acids is 1. The molecule has 1 aromatic carbocycles. The number of esters is 1. The van der Waals surface area contributed by atoms with Gasteiger partial charge in [0.25, 0.3) is 0 Å². The zero-order valence-corrected chi connectivity index (χ0v) is 14.0. The predicted octanol–water partition coefficient (Wildman–Crippen LogP) is 1.32. The number of halogens is 1. The Hall–Kier alpha value is -1.14. The molecule has 2 fully saturated rings. The number of aliphatic hydroxyl groups excluding tert-OH is 2. The van der Waals surface area contributed by atoms with Crippen molar-refractivity contribution in [3.05, 3.63) is 35.9 Å². The summed E-state index contributed by atoms with van der Waals surface area (Å²) in [7, 11) is 2.02. The van der Waals surface area contributed by atoms with Crippen LogP contribution in [0.5, 0.6) is 0 Å². The Labute approximate surface area is 142 Å². The van der Waals surface area contributed by atoms with Gasteiger partial charge in [-0.15, -0.1) is 12.4 Å². The Morgan fingerprint density at radius 1 is 1.30 bits per heavy atom. The first-order valence-corrected chi connectivity index (χ1v) is 7.86. The molecule has 0 radical (unpaired) electrons.